The lowest BCUT2D eigenvalue weighted by atomic mass is 10.2. The Balaban J connectivity index is 0.00000300. The van der Waals surface area contributed by atoms with Gasteiger partial charge >= 0.3 is 6.18 Å². The lowest BCUT2D eigenvalue weighted by molar-refractivity contribution is -0.138. The largest absolute Gasteiger partial charge is 0.419 e. The van der Waals surface area contributed by atoms with E-state index in [1.807, 2.05) is 35.2 Å². The molecule has 0 saturated carbocycles. The number of aldehydes is 1. The van der Waals surface area contributed by atoms with Crippen molar-refractivity contribution in [1.82, 2.24) is 14.9 Å². The minimum atomic E-state index is -4.44. The molecule has 0 bridgehead atoms. The van der Waals surface area contributed by atoms with E-state index >= 15 is 0 Å². The maximum Gasteiger partial charge on any atom is 0.419 e. The Morgan fingerprint density at radius 2 is 1.69 bits per heavy atom. The molecule has 0 radical (unpaired) electrons. The first-order valence-corrected chi connectivity index (χ1v) is 9.11. The third-order valence-electron chi connectivity index (χ3n) is 4.67. The van der Waals surface area contributed by atoms with Gasteiger partial charge < -0.3 is 15.0 Å². The molecule has 1 saturated heterocycles. The minimum absolute atomic E-state index is 0. The van der Waals surface area contributed by atoms with Crippen LogP contribution in [0.3, 0.4) is 0 Å². The molecule has 1 aliphatic rings. The van der Waals surface area contributed by atoms with Crippen molar-refractivity contribution in [1.29, 1.82) is 0 Å². The van der Waals surface area contributed by atoms with Gasteiger partial charge in [-0.2, -0.15) is 13.2 Å². The number of nitrogens with one attached hydrogen (secondary N) is 1. The summed E-state index contributed by atoms with van der Waals surface area (Å²) in [5.74, 6) is 0.299. The van der Waals surface area contributed by atoms with E-state index in [-0.39, 0.29) is 18.6 Å². The molecule has 0 amide bonds. The van der Waals surface area contributed by atoms with Crippen molar-refractivity contribution in [3.8, 4) is 0 Å². The second-order valence-electron chi connectivity index (χ2n) is 6.56. The fraction of sp³-hybridized carbons (Fsp3) is 0.421. The van der Waals surface area contributed by atoms with Gasteiger partial charge in [0.25, 0.3) is 0 Å². The third-order valence-corrected chi connectivity index (χ3v) is 4.67. The molecule has 2 heterocycles. The maximum absolute atomic E-state index is 12.7. The van der Waals surface area contributed by atoms with Crippen LogP contribution < -0.4 is 10.2 Å². The van der Waals surface area contributed by atoms with Crippen molar-refractivity contribution < 1.29 is 18.0 Å². The summed E-state index contributed by atoms with van der Waals surface area (Å²) in [5.41, 5.74) is 0.128. The van der Waals surface area contributed by atoms with Gasteiger partial charge in [-0.05, 0) is 18.6 Å². The molecule has 1 atom stereocenters. The fourth-order valence-corrected chi connectivity index (χ4v) is 3.16. The number of carbonyl (C=O) groups is 1. The van der Waals surface area contributed by atoms with Crippen molar-refractivity contribution in [2.75, 3.05) is 36.4 Å². The molecule has 6 nitrogen and oxygen atoms in total. The molecule has 1 N–H and O–H groups in total. The molecule has 2 aromatic rings. The monoisotopic (exact) mass is 429 g/mol. The van der Waals surface area contributed by atoms with Crippen LogP contribution in [0.1, 0.15) is 18.4 Å². The Morgan fingerprint density at radius 3 is 2.24 bits per heavy atom. The Hall–Kier alpha value is -2.39. The average Bonchev–Trinajstić information content (AvgIpc) is 2.71. The number of carbonyl (C=O) groups excluding carboxylic acids is 1. The number of piperazine rings is 1. The second-order valence-corrected chi connectivity index (χ2v) is 6.56. The summed E-state index contributed by atoms with van der Waals surface area (Å²) in [6.45, 7) is 2.57. The number of aromatic nitrogens is 2. The van der Waals surface area contributed by atoms with Gasteiger partial charge in [-0.3, -0.25) is 4.90 Å². The SMILES string of the molecule is Cl.O=CCC[C@@H](Nc1ccccc1)N1CCN(c2ncc(C(F)(F)F)cn2)CC1. The van der Waals surface area contributed by atoms with E-state index in [1.54, 1.807) is 0 Å². The zero-order valence-electron chi connectivity index (χ0n) is 15.7. The van der Waals surface area contributed by atoms with Crippen LogP contribution in [-0.2, 0) is 11.0 Å². The summed E-state index contributed by atoms with van der Waals surface area (Å²) >= 11 is 0. The summed E-state index contributed by atoms with van der Waals surface area (Å²) in [6, 6.07) is 9.77. The van der Waals surface area contributed by atoms with Crippen molar-refractivity contribution in [3.05, 3.63) is 48.3 Å². The van der Waals surface area contributed by atoms with Gasteiger partial charge in [0.2, 0.25) is 5.95 Å². The van der Waals surface area contributed by atoms with Gasteiger partial charge in [-0.15, -0.1) is 12.4 Å². The molecule has 0 unspecified atom stereocenters. The Morgan fingerprint density at radius 1 is 1.07 bits per heavy atom. The standard InChI is InChI=1S/C19H22F3N5O.ClH/c20-19(21,22)15-13-23-18(24-14-15)27-10-8-26(9-11-27)17(7-4-12-28)25-16-5-2-1-3-6-16;/h1-3,5-6,12-14,17,25H,4,7-11H2;1H/t17-;/m0./s1. The number of para-hydroxylation sites is 1. The van der Waals surface area contributed by atoms with E-state index in [0.717, 1.165) is 24.4 Å². The van der Waals surface area contributed by atoms with Gasteiger partial charge in [0, 0.05) is 50.7 Å². The van der Waals surface area contributed by atoms with Crippen molar-refractivity contribution in [3.63, 3.8) is 0 Å². The molecule has 1 fully saturated rings. The van der Waals surface area contributed by atoms with Crippen LogP contribution in [0.2, 0.25) is 0 Å². The minimum Gasteiger partial charge on any atom is -0.370 e. The number of halogens is 4. The molecule has 10 heteroatoms. The molecule has 1 aromatic heterocycles. The quantitative estimate of drug-likeness (QED) is 0.680. The highest BCUT2D eigenvalue weighted by molar-refractivity contribution is 5.85. The highest BCUT2D eigenvalue weighted by Gasteiger charge is 2.32. The van der Waals surface area contributed by atoms with Crippen LogP contribution in [0.15, 0.2) is 42.7 Å². The lowest BCUT2D eigenvalue weighted by Crippen LogP contribution is -2.53. The van der Waals surface area contributed by atoms with Crippen LogP contribution >= 0.6 is 12.4 Å². The van der Waals surface area contributed by atoms with Gasteiger partial charge in [0.15, 0.2) is 0 Å². The normalized spacial score (nSPS) is 16.0. The highest BCUT2D eigenvalue weighted by Crippen LogP contribution is 2.28. The van der Waals surface area contributed by atoms with E-state index in [4.69, 9.17) is 0 Å². The van der Waals surface area contributed by atoms with Crippen LogP contribution in [0, 0.1) is 0 Å². The molecule has 3 rings (SSSR count). The predicted molar refractivity (Wildman–Crippen MR) is 107 cm³/mol. The first-order chi connectivity index (χ1) is 13.5. The number of nitrogens with zero attached hydrogens (tertiary/aromatic N) is 4. The molecule has 0 spiro atoms. The van der Waals surface area contributed by atoms with E-state index in [0.29, 0.717) is 45.0 Å². The van der Waals surface area contributed by atoms with E-state index in [2.05, 4.69) is 20.2 Å². The third kappa shape index (κ3) is 6.30. The average molecular weight is 430 g/mol. The van der Waals surface area contributed by atoms with E-state index in [1.165, 1.54) is 0 Å². The highest BCUT2D eigenvalue weighted by atomic mass is 35.5. The van der Waals surface area contributed by atoms with Crippen LogP contribution in [0.5, 0.6) is 0 Å². The molecule has 29 heavy (non-hydrogen) atoms. The Bertz CT molecular complexity index is 753. The molecule has 158 valence electrons. The first-order valence-electron chi connectivity index (χ1n) is 9.11. The number of hydrogen-bond donors (Lipinski definition) is 1. The number of benzene rings is 1. The van der Waals surface area contributed by atoms with Gasteiger partial charge in [-0.1, -0.05) is 18.2 Å². The summed E-state index contributed by atoms with van der Waals surface area (Å²) in [6.07, 6.45) is -0.764. The van der Waals surface area contributed by atoms with Crippen LogP contribution in [-0.4, -0.2) is 53.5 Å². The van der Waals surface area contributed by atoms with Crippen molar-refractivity contribution >= 4 is 30.3 Å². The first kappa shape index (κ1) is 22.9. The number of rotatable bonds is 7. The predicted octanol–water partition coefficient (Wildman–Crippen LogP) is 3.46. The lowest BCUT2D eigenvalue weighted by Gasteiger charge is -2.39. The van der Waals surface area contributed by atoms with Crippen molar-refractivity contribution in [2.45, 2.75) is 25.2 Å². The zero-order chi connectivity index (χ0) is 20.0. The van der Waals surface area contributed by atoms with E-state index in [9.17, 15) is 18.0 Å². The van der Waals surface area contributed by atoms with Crippen molar-refractivity contribution in [2.24, 2.45) is 0 Å². The van der Waals surface area contributed by atoms with Crippen LogP contribution in [0.25, 0.3) is 0 Å². The van der Waals surface area contributed by atoms with Gasteiger partial charge in [-0.25, -0.2) is 9.97 Å². The maximum atomic E-state index is 12.7. The summed E-state index contributed by atoms with van der Waals surface area (Å²) < 4.78 is 38.0. The molecular weight excluding hydrogens is 407 g/mol. The number of hydrogen-bond acceptors (Lipinski definition) is 6. The zero-order valence-corrected chi connectivity index (χ0v) is 16.5. The smallest absolute Gasteiger partial charge is 0.370 e. The number of alkyl halides is 3. The van der Waals surface area contributed by atoms with Gasteiger partial charge in [0.1, 0.15) is 6.29 Å². The van der Waals surface area contributed by atoms with Crippen LogP contribution in [0.4, 0.5) is 24.8 Å². The molecule has 0 aliphatic carbocycles. The molecular formula is C19H23ClF3N5O. The topological polar surface area (TPSA) is 61.4 Å². The van der Waals surface area contributed by atoms with Gasteiger partial charge in [0.05, 0.1) is 11.7 Å². The summed E-state index contributed by atoms with van der Waals surface area (Å²) in [4.78, 5) is 22.7. The molecule has 1 aromatic carbocycles. The summed E-state index contributed by atoms with van der Waals surface area (Å²) in [5, 5.41) is 3.45. The Kier molecular flexibility index (Phi) is 8.21. The molecule has 1 aliphatic heterocycles. The van der Waals surface area contributed by atoms with E-state index < -0.39 is 11.7 Å². The number of anilines is 2. The summed E-state index contributed by atoms with van der Waals surface area (Å²) in [7, 11) is 0. The second kappa shape index (κ2) is 10.4. The Labute approximate surface area is 173 Å². The fourth-order valence-electron chi connectivity index (χ4n) is 3.16.